The Hall–Kier alpha value is -3.26. The molecule has 0 aliphatic carbocycles. The van der Waals surface area contributed by atoms with E-state index in [1.807, 2.05) is 36.7 Å². The fourth-order valence-electron chi connectivity index (χ4n) is 3.35. The largest absolute Gasteiger partial charge is 0.381 e. The molecule has 1 saturated heterocycles. The quantitative estimate of drug-likeness (QED) is 0.568. The smallest absolute Gasteiger partial charge is 0.161 e. The molecule has 136 valence electrons. The average Bonchev–Trinajstić information content (AvgIpc) is 3.44. The number of aromatic nitrogens is 6. The molecule has 0 spiro atoms. The van der Waals surface area contributed by atoms with Crippen LogP contribution in [0, 0.1) is 0 Å². The Balaban J connectivity index is 1.38. The van der Waals surface area contributed by atoms with Gasteiger partial charge in [0.1, 0.15) is 5.52 Å². The van der Waals surface area contributed by atoms with Crippen LogP contribution >= 0.6 is 0 Å². The third kappa shape index (κ3) is 3.26. The normalized spacial score (nSPS) is 16.8. The van der Waals surface area contributed by atoms with Gasteiger partial charge in [0, 0.05) is 42.9 Å². The number of pyridine rings is 1. The maximum atomic E-state index is 5.44. The van der Waals surface area contributed by atoms with Gasteiger partial charge in [-0.3, -0.25) is 10.1 Å². The number of aromatic amines is 1. The zero-order chi connectivity index (χ0) is 18.1. The number of nitrogens with zero attached hydrogens (tertiary/aromatic N) is 5. The van der Waals surface area contributed by atoms with E-state index < -0.39 is 0 Å². The number of hydrogen-bond donors (Lipinski definition) is 2. The molecule has 8 heteroatoms. The van der Waals surface area contributed by atoms with E-state index in [-0.39, 0.29) is 0 Å². The van der Waals surface area contributed by atoms with Gasteiger partial charge in [-0.15, -0.1) is 0 Å². The van der Waals surface area contributed by atoms with Crippen LogP contribution in [0.2, 0.25) is 0 Å². The van der Waals surface area contributed by atoms with Gasteiger partial charge < -0.3 is 14.6 Å². The van der Waals surface area contributed by atoms with E-state index in [2.05, 4.69) is 30.0 Å². The number of nitrogens with one attached hydrogen (secondary N) is 2. The molecule has 2 N–H and O–H groups in total. The van der Waals surface area contributed by atoms with Gasteiger partial charge in [-0.05, 0) is 24.1 Å². The number of hydrogen-bond acceptors (Lipinski definition) is 6. The van der Waals surface area contributed by atoms with Crippen LogP contribution in [-0.4, -0.2) is 42.9 Å². The van der Waals surface area contributed by atoms with E-state index in [1.54, 1.807) is 12.4 Å². The SMILES string of the molecule is c1cncc(Cn2ccc3ncc(Nc4cc(C5CCOC5)[nH]n4)nc32)c1. The second-order valence-corrected chi connectivity index (χ2v) is 6.66. The summed E-state index contributed by atoms with van der Waals surface area (Å²) in [6.07, 6.45) is 8.38. The number of anilines is 2. The minimum atomic E-state index is 0.387. The second-order valence-electron chi connectivity index (χ2n) is 6.66. The molecule has 5 rings (SSSR count). The predicted molar refractivity (Wildman–Crippen MR) is 101 cm³/mol. The van der Waals surface area contributed by atoms with Crippen LogP contribution < -0.4 is 5.32 Å². The van der Waals surface area contributed by atoms with E-state index in [4.69, 9.17) is 9.72 Å². The number of ether oxygens (including phenoxy) is 1. The van der Waals surface area contributed by atoms with Crippen molar-refractivity contribution in [2.45, 2.75) is 18.9 Å². The first-order valence-electron chi connectivity index (χ1n) is 8.96. The zero-order valence-electron chi connectivity index (χ0n) is 14.7. The third-order valence-corrected chi connectivity index (χ3v) is 4.76. The summed E-state index contributed by atoms with van der Waals surface area (Å²) in [5.41, 5.74) is 3.88. The van der Waals surface area contributed by atoms with Crippen molar-refractivity contribution in [3.8, 4) is 0 Å². The van der Waals surface area contributed by atoms with Crippen molar-refractivity contribution >= 4 is 22.8 Å². The van der Waals surface area contributed by atoms with Crippen LogP contribution in [0.4, 0.5) is 11.6 Å². The first-order chi connectivity index (χ1) is 13.3. The summed E-state index contributed by atoms with van der Waals surface area (Å²) in [5, 5.41) is 10.7. The Kier molecular flexibility index (Phi) is 4.02. The fraction of sp³-hybridized carbons (Fsp3) is 0.263. The first-order valence-corrected chi connectivity index (χ1v) is 8.96. The zero-order valence-corrected chi connectivity index (χ0v) is 14.7. The van der Waals surface area contributed by atoms with E-state index in [0.717, 1.165) is 47.9 Å². The van der Waals surface area contributed by atoms with Crippen molar-refractivity contribution in [3.63, 3.8) is 0 Å². The molecule has 8 nitrogen and oxygen atoms in total. The van der Waals surface area contributed by atoms with Crippen LogP contribution in [0.1, 0.15) is 23.6 Å². The highest BCUT2D eigenvalue weighted by Crippen LogP contribution is 2.26. The maximum absolute atomic E-state index is 5.44. The van der Waals surface area contributed by atoms with E-state index >= 15 is 0 Å². The summed E-state index contributed by atoms with van der Waals surface area (Å²) in [5.74, 6) is 1.78. The van der Waals surface area contributed by atoms with Crippen molar-refractivity contribution in [2.24, 2.45) is 0 Å². The first kappa shape index (κ1) is 16.0. The van der Waals surface area contributed by atoms with Crippen molar-refractivity contribution in [1.82, 2.24) is 29.7 Å². The standard InChI is InChI=1S/C19H19N7O/c1-2-13(9-20-5-1)11-26-6-3-15-19(26)23-18(10-21-15)22-17-8-16(24-25-17)14-4-7-27-12-14/h1-3,5-6,8-10,14H,4,7,11-12H2,(H2,22,23,24,25). The molecule has 1 unspecified atom stereocenters. The molecule has 1 aliphatic heterocycles. The number of rotatable bonds is 5. The molecule has 0 amide bonds. The van der Waals surface area contributed by atoms with Crippen molar-refractivity contribution in [3.05, 3.63) is 60.3 Å². The van der Waals surface area contributed by atoms with Crippen LogP contribution in [-0.2, 0) is 11.3 Å². The Morgan fingerprint density at radius 1 is 1.26 bits per heavy atom. The summed E-state index contributed by atoms with van der Waals surface area (Å²) in [6.45, 7) is 2.25. The number of H-pyrrole nitrogens is 1. The van der Waals surface area contributed by atoms with Gasteiger partial charge in [-0.1, -0.05) is 6.07 Å². The molecule has 0 bridgehead atoms. The summed E-state index contributed by atoms with van der Waals surface area (Å²) in [4.78, 5) is 13.4. The molecule has 0 radical (unpaired) electrons. The summed E-state index contributed by atoms with van der Waals surface area (Å²) >= 11 is 0. The lowest BCUT2D eigenvalue weighted by Crippen LogP contribution is -2.02. The van der Waals surface area contributed by atoms with Gasteiger partial charge in [-0.2, -0.15) is 5.10 Å². The molecule has 1 fully saturated rings. The van der Waals surface area contributed by atoms with Gasteiger partial charge in [0.15, 0.2) is 17.3 Å². The van der Waals surface area contributed by atoms with E-state index in [1.165, 1.54) is 0 Å². The average molecular weight is 361 g/mol. The van der Waals surface area contributed by atoms with Crippen LogP contribution in [0.25, 0.3) is 11.2 Å². The molecular weight excluding hydrogens is 342 g/mol. The Morgan fingerprint density at radius 3 is 3.11 bits per heavy atom. The molecule has 5 heterocycles. The molecule has 0 saturated carbocycles. The van der Waals surface area contributed by atoms with Crippen molar-refractivity contribution in [1.29, 1.82) is 0 Å². The van der Waals surface area contributed by atoms with Gasteiger partial charge in [0.05, 0.1) is 19.3 Å². The van der Waals surface area contributed by atoms with Gasteiger partial charge in [0.25, 0.3) is 0 Å². The van der Waals surface area contributed by atoms with Crippen LogP contribution in [0.3, 0.4) is 0 Å². The summed E-state index contributed by atoms with van der Waals surface area (Å²) in [7, 11) is 0. The Morgan fingerprint density at radius 2 is 2.26 bits per heavy atom. The van der Waals surface area contributed by atoms with Crippen LogP contribution in [0.5, 0.6) is 0 Å². The van der Waals surface area contributed by atoms with Crippen molar-refractivity contribution in [2.75, 3.05) is 18.5 Å². The number of fused-ring (bicyclic) bond motifs is 1. The highest BCUT2D eigenvalue weighted by atomic mass is 16.5. The summed E-state index contributed by atoms with van der Waals surface area (Å²) < 4.78 is 7.51. The lowest BCUT2D eigenvalue weighted by Gasteiger charge is -2.06. The van der Waals surface area contributed by atoms with E-state index in [9.17, 15) is 0 Å². The maximum Gasteiger partial charge on any atom is 0.161 e. The van der Waals surface area contributed by atoms with Crippen LogP contribution in [0.15, 0.2) is 49.1 Å². The second kappa shape index (κ2) is 6.81. The molecular formula is C19H19N7O. The Labute approximate surface area is 155 Å². The fourth-order valence-corrected chi connectivity index (χ4v) is 3.35. The highest BCUT2D eigenvalue weighted by Gasteiger charge is 2.20. The van der Waals surface area contributed by atoms with Gasteiger partial charge in [-0.25, -0.2) is 9.97 Å². The predicted octanol–water partition coefficient (Wildman–Crippen LogP) is 2.85. The highest BCUT2D eigenvalue weighted by molar-refractivity contribution is 5.73. The molecule has 4 aromatic heterocycles. The lowest BCUT2D eigenvalue weighted by atomic mass is 10.1. The molecule has 4 aromatic rings. The van der Waals surface area contributed by atoms with Gasteiger partial charge in [0.2, 0.25) is 0 Å². The van der Waals surface area contributed by atoms with Gasteiger partial charge >= 0.3 is 0 Å². The van der Waals surface area contributed by atoms with Crippen molar-refractivity contribution < 1.29 is 4.74 Å². The third-order valence-electron chi connectivity index (χ3n) is 4.76. The minimum Gasteiger partial charge on any atom is -0.381 e. The molecule has 1 aliphatic rings. The monoisotopic (exact) mass is 361 g/mol. The Bertz CT molecular complexity index is 1050. The molecule has 0 aromatic carbocycles. The van der Waals surface area contributed by atoms with E-state index in [0.29, 0.717) is 18.3 Å². The molecule has 1 atom stereocenters. The topological polar surface area (TPSA) is 93.5 Å². The molecule has 27 heavy (non-hydrogen) atoms. The minimum absolute atomic E-state index is 0.387. The lowest BCUT2D eigenvalue weighted by molar-refractivity contribution is 0.193. The summed E-state index contributed by atoms with van der Waals surface area (Å²) in [6, 6.07) is 7.96.